The van der Waals surface area contributed by atoms with Crippen molar-refractivity contribution in [3.8, 4) is 50.2 Å². The van der Waals surface area contributed by atoms with E-state index in [0.29, 0.717) is 0 Å². The van der Waals surface area contributed by atoms with E-state index in [1.54, 1.807) is 0 Å². The molecule has 326 valence electrons. The van der Waals surface area contributed by atoms with Gasteiger partial charge in [0.1, 0.15) is 0 Å². The van der Waals surface area contributed by atoms with Gasteiger partial charge in [0, 0.05) is 44.9 Å². The van der Waals surface area contributed by atoms with E-state index in [9.17, 15) is 0 Å². The Labute approximate surface area is 408 Å². The van der Waals surface area contributed by atoms with E-state index in [1.165, 1.54) is 99.9 Å². The van der Waals surface area contributed by atoms with Crippen LogP contribution in [0.25, 0.3) is 72.0 Å². The first-order chi connectivity index (χ1) is 34.7. The molecular weight excluding hydrogens is 846 g/mol. The lowest BCUT2D eigenvalue weighted by atomic mass is 9.33. The molecule has 14 rings (SSSR count). The molecule has 0 unspecified atom stereocenters. The number of para-hydroxylation sites is 2. The fourth-order valence-electron chi connectivity index (χ4n) is 11.4. The van der Waals surface area contributed by atoms with Crippen LogP contribution in [0.3, 0.4) is 0 Å². The molecule has 0 aliphatic carbocycles. The van der Waals surface area contributed by atoms with Gasteiger partial charge in [-0.05, 0) is 122 Å². The summed E-state index contributed by atoms with van der Waals surface area (Å²) in [6, 6.07) is 98.2. The largest absolute Gasteiger partial charge is 0.311 e. The van der Waals surface area contributed by atoms with Crippen molar-refractivity contribution in [1.82, 2.24) is 4.57 Å². The second kappa shape index (κ2) is 16.3. The Morgan fingerprint density at radius 3 is 1.19 bits per heavy atom. The summed E-state index contributed by atoms with van der Waals surface area (Å²) in [4.78, 5) is 5.13. The maximum Gasteiger partial charge on any atom is 0.252 e. The number of rotatable bonds is 7. The van der Waals surface area contributed by atoms with E-state index >= 15 is 0 Å². The van der Waals surface area contributed by atoms with Crippen LogP contribution in [0.2, 0.25) is 0 Å². The highest BCUT2D eigenvalue weighted by Gasteiger charge is 2.45. The summed E-state index contributed by atoms with van der Waals surface area (Å²) in [7, 11) is 0. The molecule has 1 aromatic heterocycles. The standard InChI is InChI=1S/C66H44BN3/c1-6-18-45(19-7-1)49-30-36-54(37-31-49)69-60-40-34-51(47-22-10-3-11-23-47)42-57(60)67-58-43-52(48-24-12-4-13-25-48)35-41-61(58)70(55-38-32-50(33-39-55)46-20-8-2-9-21-46)66-64-56-28-16-17-29-59(56)68(53-26-14-5-15-27-53)62(64)44-63(69)65(66)67/h1-44H. The lowest BCUT2D eigenvalue weighted by Gasteiger charge is -2.45. The number of fused-ring (bicyclic) bond motifs is 8. The molecule has 0 radical (unpaired) electrons. The number of anilines is 6. The van der Waals surface area contributed by atoms with Crippen molar-refractivity contribution in [2.45, 2.75) is 0 Å². The van der Waals surface area contributed by atoms with Crippen molar-refractivity contribution >= 4 is 79.0 Å². The quantitative estimate of drug-likeness (QED) is 0.148. The van der Waals surface area contributed by atoms with Crippen LogP contribution in [-0.2, 0) is 0 Å². The van der Waals surface area contributed by atoms with Gasteiger partial charge >= 0.3 is 0 Å². The minimum Gasteiger partial charge on any atom is -0.311 e. The second-order valence-electron chi connectivity index (χ2n) is 18.4. The smallest absolute Gasteiger partial charge is 0.252 e. The molecule has 4 heteroatoms. The van der Waals surface area contributed by atoms with Crippen molar-refractivity contribution in [2.24, 2.45) is 0 Å². The third-order valence-electron chi connectivity index (χ3n) is 14.6. The molecule has 0 amide bonds. The van der Waals surface area contributed by atoms with Gasteiger partial charge in [0.05, 0.1) is 16.7 Å². The molecule has 3 nitrogen and oxygen atoms in total. The van der Waals surface area contributed by atoms with Crippen LogP contribution < -0.4 is 26.2 Å². The summed E-state index contributed by atoms with van der Waals surface area (Å²) < 4.78 is 2.48. The lowest BCUT2D eigenvalue weighted by Crippen LogP contribution is -2.61. The fraction of sp³-hybridized carbons (Fsp3) is 0. The molecule has 0 saturated heterocycles. The molecule has 0 atom stereocenters. The Morgan fingerprint density at radius 2 is 0.671 bits per heavy atom. The summed E-state index contributed by atoms with van der Waals surface area (Å²) in [6.45, 7) is -0.106. The number of hydrogen-bond acceptors (Lipinski definition) is 2. The van der Waals surface area contributed by atoms with Crippen LogP contribution in [0.5, 0.6) is 0 Å². The predicted octanol–water partition coefficient (Wildman–Crippen LogP) is 15.5. The maximum absolute atomic E-state index is 2.58. The zero-order valence-corrected chi connectivity index (χ0v) is 38.3. The molecular formula is C66H44BN3. The summed E-state index contributed by atoms with van der Waals surface area (Å²) in [5.74, 6) is 0. The lowest BCUT2D eigenvalue weighted by molar-refractivity contribution is 1.17. The Morgan fingerprint density at radius 1 is 0.271 bits per heavy atom. The molecule has 11 aromatic carbocycles. The van der Waals surface area contributed by atoms with Gasteiger partial charge in [-0.15, -0.1) is 0 Å². The highest BCUT2D eigenvalue weighted by atomic mass is 15.2. The first-order valence-electron chi connectivity index (χ1n) is 24.2. The van der Waals surface area contributed by atoms with Crippen LogP contribution in [-0.4, -0.2) is 11.3 Å². The van der Waals surface area contributed by atoms with Gasteiger partial charge in [-0.1, -0.05) is 206 Å². The van der Waals surface area contributed by atoms with Gasteiger partial charge in [-0.2, -0.15) is 0 Å². The number of hydrogen-bond donors (Lipinski definition) is 0. The van der Waals surface area contributed by atoms with E-state index in [-0.39, 0.29) is 6.71 Å². The SMILES string of the molecule is c1ccc(-c2ccc(N3c4ccc(-c5ccccc5)cc4B4c5cc(-c6ccccc6)ccc5N(c5ccc(-c6ccccc6)cc5)c5c4c3cc3c5c4ccccc4n3-c3ccccc3)cc2)cc1. The minimum absolute atomic E-state index is 0.106. The monoisotopic (exact) mass is 889 g/mol. The van der Waals surface area contributed by atoms with Crippen molar-refractivity contribution in [1.29, 1.82) is 0 Å². The first-order valence-corrected chi connectivity index (χ1v) is 24.2. The van der Waals surface area contributed by atoms with Gasteiger partial charge in [-0.3, -0.25) is 0 Å². The van der Waals surface area contributed by atoms with Crippen LogP contribution in [0, 0.1) is 0 Å². The van der Waals surface area contributed by atoms with E-state index in [2.05, 4.69) is 281 Å². The van der Waals surface area contributed by atoms with Crippen molar-refractivity contribution in [3.05, 3.63) is 267 Å². The molecule has 0 fully saturated rings. The molecule has 2 aliphatic heterocycles. The van der Waals surface area contributed by atoms with Gasteiger partial charge in [0.15, 0.2) is 0 Å². The fourth-order valence-corrected chi connectivity index (χ4v) is 11.4. The normalized spacial score (nSPS) is 12.5. The molecule has 2 aliphatic rings. The predicted molar refractivity (Wildman–Crippen MR) is 297 cm³/mol. The van der Waals surface area contributed by atoms with Gasteiger partial charge in [-0.25, -0.2) is 0 Å². The summed E-state index contributed by atoms with van der Waals surface area (Å²) >= 11 is 0. The molecule has 0 saturated carbocycles. The van der Waals surface area contributed by atoms with Crippen LogP contribution in [0.4, 0.5) is 34.1 Å². The van der Waals surface area contributed by atoms with Crippen molar-refractivity contribution in [2.75, 3.05) is 9.80 Å². The Kier molecular flexibility index (Phi) is 9.31. The zero-order chi connectivity index (χ0) is 46.1. The highest BCUT2D eigenvalue weighted by molar-refractivity contribution is 7.00. The van der Waals surface area contributed by atoms with Crippen LogP contribution in [0.1, 0.15) is 0 Å². The third-order valence-corrected chi connectivity index (χ3v) is 14.6. The van der Waals surface area contributed by atoms with Gasteiger partial charge in [0.2, 0.25) is 0 Å². The molecule has 70 heavy (non-hydrogen) atoms. The maximum atomic E-state index is 2.58. The van der Waals surface area contributed by atoms with Gasteiger partial charge < -0.3 is 14.4 Å². The summed E-state index contributed by atoms with van der Waals surface area (Å²) in [5, 5.41) is 2.45. The van der Waals surface area contributed by atoms with E-state index in [0.717, 1.165) is 22.6 Å². The first kappa shape index (κ1) is 40.0. The van der Waals surface area contributed by atoms with Crippen molar-refractivity contribution in [3.63, 3.8) is 0 Å². The van der Waals surface area contributed by atoms with E-state index < -0.39 is 0 Å². The molecule has 0 spiro atoms. The zero-order valence-electron chi connectivity index (χ0n) is 38.3. The topological polar surface area (TPSA) is 11.4 Å². The minimum atomic E-state index is -0.106. The van der Waals surface area contributed by atoms with Crippen LogP contribution >= 0.6 is 0 Å². The van der Waals surface area contributed by atoms with E-state index in [1.807, 2.05) is 0 Å². The molecule has 12 aromatic rings. The molecule has 0 bridgehead atoms. The third kappa shape index (κ3) is 6.38. The highest BCUT2D eigenvalue weighted by Crippen LogP contribution is 2.51. The van der Waals surface area contributed by atoms with Gasteiger partial charge in [0.25, 0.3) is 6.71 Å². The summed E-state index contributed by atoms with van der Waals surface area (Å²) in [5.41, 5.74) is 23.8. The number of nitrogens with zero attached hydrogens (tertiary/aromatic N) is 3. The Hall–Kier alpha value is -9.12. The molecule has 3 heterocycles. The average molecular weight is 890 g/mol. The number of benzene rings is 11. The average Bonchev–Trinajstić information content (AvgIpc) is 3.78. The van der Waals surface area contributed by atoms with E-state index in [4.69, 9.17) is 0 Å². The Balaban J connectivity index is 1.13. The van der Waals surface area contributed by atoms with Crippen molar-refractivity contribution < 1.29 is 0 Å². The van der Waals surface area contributed by atoms with Crippen LogP contribution in [0.15, 0.2) is 267 Å². The molecule has 0 N–H and O–H groups in total. The Bertz CT molecular complexity index is 3860. The second-order valence-corrected chi connectivity index (χ2v) is 18.4. The number of aromatic nitrogens is 1. The summed E-state index contributed by atoms with van der Waals surface area (Å²) in [6.07, 6.45) is 0.